The quantitative estimate of drug-likeness (QED) is 0.0420. The molecule has 23 atom stereocenters. The molecule has 0 unspecified atom stereocenters. The fraction of sp³-hybridized carbons (Fsp3) is 0.490. The normalized spacial score (nSPS) is 28.6. The predicted octanol–water partition coefficient (Wildman–Crippen LogP) is -1.27. The molecule has 49 heteroatoms. The van der Waals surface area contributed by atoms with Gasteiger partial charge in [-0.1, -0.05) is 87.0 Å². The number of phenols is 4. The van der Waals surface area contributed by atoms with Gasteiger partial charge >= 0.3 is 0 Å². The molecule has 7 aromatic carbocycles. The van der Waals surface area contributed by atoms with E-state index in [2.05, 4.69) is 83.0 Å². The van der Waals surface area contributed by atoms with Crippen LogP contribution in [0.15, 0.2) is 115 Å². The van der Waals surface area contributed by atoms with Crippen LogP contribution in [0.2, 0.25) is 10.0 Å². The van der Waals surface area contributed by atoms with Gasteiger partial charge in [0.1, 0.15) is 162 Å². The van der Waals surface area contributed by atoms with Gasteiger partial charge in [-0.25, -0.2) is 0 Å². The lowest BCUT2D eigenvalue weighted by Crippen LogP contribution is -2.65. The molecule has 0 aliphatic carbocycles. The van der Waals surface area contributed by atoms with E-state index in [9.17, 15) is 85.9 Å². The Balaban J connectivity index is 0.995. The van der Waals surface area contributed by atoms with Crippen LogP contribution in [0.1, 0.15) is 135 Å². The number of aliphatic hydroxyl groups excluding tert-OH is 10. The first-order valence-corrected chi connectivity index (χ1v) is 49.9. The average Bonchev–Trinajstić information content (AvgIpc) is 0.753. The molecule has 0 spiro atoms. The lowest BCUT2D eigenvalue weighted by atomic mass is 9.89. The van der Waals surface area contributed by atoms with Crippen LogP contribution in [0.3, 0.4) is 0 Å². The van der Waals surface area contributed by atoms with Gasteiger partial charge in [0.2, 0.25) is 71.5 Å². The highest BCUT2D eigenvalue weighted by Crippen LogP contribution is 2.52. The lowest BCUT2D eigenvalue weighted by Gasteiger charge is -2.44. The number of nitrogens with zero attached hydrogens (tertiary/aromatic N) is 1. The van der Waals surface area contributed by atoms with Gasteiger partial charge < -0.3 is 194 Å². The molecule has 10 heterocycles. The number of ether oxygens (including phenoxy) is 9. The second kappa shape index (κ2) is 50.1. The molecule has 10 aliphatic rings. The molecule has 149 heavy (non-hydrogen) atoms. The number of hydrogen-bond acceptors (Lipinski definition) is 38. The molecule has 17 bridgehead atoms. The average molecular weight is 2120 g/mol. The van der Waals surface area contributed by atoms with Crippen molar-refractivity contribution < 1.29 is 157 Å². The number of carbonyl (C=O) groups excluding carboxylic acids is 9. The number of hydrogen-bond donors (Lipinski definition) is 28. The molecule has 47 nitrogen and oxygen atoms in total. The standard InChI is InChI=1S/C100H125Cl2N15O32/c1-45(2)8-6-4-5-7-9-72(126)111-80-86(131)83(128)70(43-119)146-99(80)149-90-67-37-52-38-68(90)143-64-17-13-50(35-59(64)102)89(148-98-79(109-46(3)121)85(130)82(127)69(42-118)145-98)81-96(139)115-78(97(140)117-28-26-107-24-22-105-20-18-104-19-21-106-23-25-108-27-29-117)57-40-54(123)41-66(144-100-88(133)87(132)84(129)71(44-120)147-100)73(57)56-34-49(12-14-61(56)124)75(93(136)116-81)113-95(138)77(52)114-94(137)76-51-32-53(122)39-55(33-51)141-65-36-48(11-15-62(65)125)74(103)92(135)110-60(91(134)112-76)31-47-10-16-63(142-67)58(101)30-47/h10-17,30,32-41,45,60,69-71,74-89,98-100,104-108,118-120,122-125,127-133H,4-9,18-29,31,42-44,103H2,1-3H3,(H,109,121)(H,110,135)(H,111,126)(H,112,134)(H,113,138)(H,114,137)(H,115,139)(H,116,136)/t60-,69+,70+,71-,74-,75-,76+,77-,78+,79+,80+,81+,82-,83-,84-,85-,86-,87-,88+,89-,98+,99+,100+/m1/s1. The molecular weight excluding hydrogens is 1990 g/mol. The molecule has 4 fully saturated rings. The number of aromatic hydroxyl groups is 4. The van der Waals surface area contributed by atoms with E-state index in [0.29, 0.717) is 71.1 Å². The number of amides is 9. The smallest absolute Gasteiger partial charge is 0.249 e. The molecule has 10 aliphatic heterocycles. The van der Waals surface area contributed by atoms with Crippen LogP contribution >= 0.6 is 23.2 Å². The highest BCUT2D eigenvalue weighted by Gasteiger charge is 2.53. The van der Waals surface area contributed by atoms with Crippen molar-refractivity contribution in [2.45, 2.75) is 206 Å². The molecule has 806 valence electrons. The van der Waals surface area contributed by atoms with E-state index in [1.54, 1.807) is 0 Å². The van der Waals surface area contributed by atoms with Crippen molar-refractivity contribution in [1.82, 2.24) is 74.0 Å². The van der Waals surface area contributed by atoms with Gasteiger partial charge in [-0.05, 0) is 130 Å². The number of benzene rings is 7. The van der Waals surface area contributed by atoms with Gasteiger partial charge in [-0.2, -0.15) is 0 Å². The first kappa shape index (κ1) is 111. The van der Waals surface area contributed by atoms with Gasteiger partial charge in [0.05, 0.1) is 29.9 Å². The molecule has 0 radical (unpaired) electrons. The number of halogens is 2. The zero-order chi connectivity index (χ0) is 106. The van der Waals surface area contributed by atoms with Crippen molar-refractivity contribution >= 4 is 76.4 Å². The van der Waals surface area contributed by atoms with E-state index in [1.165, 1.54) is 41.3 Å². The molecule has 0 aromatic heterocycles. The zero-order valence-electron chi connectivity index (χ0n) is 81.3. The van der Waals surface area contributed by atoms with Gasteiger partial charge in [0, 0.05) is 122 Å². The number of nitrogens with one attached hydrogen (secondary N) is 13. The number of carbonyl (C=O) groups is 9. The monoisotopic (exact) mass is 2120 g/mol. The minimum Gasteiger partial charge on any atom is -0.508 e. The Bertz CT molecular complexity index is 5960. The minimum atomic E-state index is -2.55. The Morgan fingerprint density at radius 2 is 0.993 bits per heavy atom. The Labute approximate surface area is 863 Å². The van der Waals surface area contributed by atoms with Crippen molar-refractivity contribution in [1.29, 1.82) is 0 Å². The maximum absolute atomic E-state index is 17.4. The molecule has 17 rings (SSSR count). The molecule has 7 aromatic rings. The van der Waals surface area contributed by atoms with E-state index in [1.807, 2.05) is 0 Å². The van der Waals surface area contributed by atoms with Crippen molar-refractivity contribution in [3.63, 3.8) is 0 Å². The molecular formula is C100H125Cl2N15O32. The Hall–Kier alpha value is -12.2. The maximum Gasteiger partial charge on any atom is 0.249 e. The molecule has 9 amide bonds. The maximum atomic E-state index is 17.4. The van der Waals surface area contributed by atoms with Gasteiger partial charge in [-0.3, -0.25) is 43.2 Å². The molecule has 0 saturated carbocycles. The van der Waals surface area contributed by atoms with Crippen LogP contribution in [0, 0.1) is 5.92 Å². The second-order valence-electron chi connectivity index (χ2n) is 37.9. The van der Waals surface area contributed by atoms with E-state index >= 15 is 28.8 Å². The number of rotatable bonds is 19. The molecule has 29 N–H and O–H groups in total. The summed E-state index contributed by atoms with van der Waals surface area (Å²) >= 11 is 15.0. The third kappa shape index (κ3) is 26.5. The fourth-order valence-corrected chi connectivity index (χ4v) is 19.2. The predicted molar refractivity (Wildman–Crippen MR) is 526 cm³/mol. The largest absolute Gasteiger partial charge is 0.508 e. The summed E-state index contributed by atoms with van der Waals surface area (Å²) in [4.78, 5) is 145. The topological polar surface area (TPSA) is 706 Å². The van der Waals surface area contributed by atoms with E-state index in [-0.39, 0.29) is 77.1 Å². The first-order chi connectivity index (χ1) is 71.4. The van der Waals surface area contributed by atoms with E-state index < -0.39 is 304 Å². The van der Waals surface area contributed by atoms with Gasteiger partial charge in [0.15, 0.2) is 29.3 Å². The Kier molecular flexibility index (Phi) is 37.3. The number of phenolic OH excluding ortho intramolecular Hbond substituents is 4. The second-order valence-corrected chi connectivity index (χ2v) is 38.7. The number of nitrogens with two attached hydrogens (primary N) is 1. The Morgan fingerprint density at radius 1 is 0.470 bits per heavy atom. The third-order valence-corrected chi connectivity index (χ3v) is 27.3. The highest BCUT2D eigenvalue weighted by atomic mass is 35.5. The van der Waals surface area contributed by atoms with Gasteiger partial charge in [0.25, 0.3) is 0 Å². The highest BCUT2D eigenvalue weighted by molar-refractivity contribution is 6.32. The lowest BCUT2D eigenvalue weighted by molar-refractivity contribution is -0.284. The van der Waals surface area contributed by atoms with Gasteiger partial charge in [-0.15, -0.1) is 0 Å². The SMILES string of the molecule is CC(=O)N[C@@H]1[C@H](O[C@@H]2c3ccc(c(Cl)c3)Oc3cc4cc(c3O[C@@H]3O[C@@H](CO)[C@@H](O)[C@H](O)[C@@H]3NC(=O)CCCCCCC(C)C)Oc3ccc(cc3Cl)C[C@H]3NC(=O)[C@H](N)c5ccc(O)c(c5)Oc5cc(O)cc(c5)[C@H](NC3=O)C(=O)N[C@H]4C(=O)N[C@H]3C(=O)N[C@@H]2C(=O)N[C@H](C(=O)N2CCNCCNCCNCCNCCNCC2)c2cc(O)cc(O[C@H]4O[C@H](CO)[C@@H](O)[C@@H](O)[C@@H]4O)c2-c2cc3ccc2O)O[C@@H](CO)[C@@H](O)[C@@H]1O. The summed E-state index contributed by atoms with van der Waals surface area (Å²) in [5, 5.41) is 200. The van der Waals surface area contributed by atoms with E-state index in [0.717, 1.165) is 105 Å². The summed E-state index contributed by atoms with van der Waals surface area (Å²) in [5.74, 6) is -17.5. The van der Waals surface area contributed by atoms with Crippen LogP contribution in [0.25, 0.3) is 11.1 Å². The molecule has 4 saturated heterocycles. The van der Waals surface area contributed by atoms with Crippen LogP contribution in [0.5, 0.6) is 69.0 Å². The summed E-state index contributed by atoms with van der Waals surface area (Å²) in [6.45, 7) is 5.79. The summed E-state index contributed by atoms with van der Waals surface area (Å²) in [6, 6.07) is 2.03. The van der Waals surface area contributed by atoms with Crippen molar-refractivity contribution in [2.24, 2.45) is 11.7 Å². The summed E-state index contributed by atoms with van der Waals surface area (Å²) in [7, 11) is 0. The van der Waals surface area contributed by atoms with Crippen LogP contribution in [0.4, 0.5) is 0 Å². The fourth-order valence-electron chi connectivity index (χ4n) is 18.7. The zero-order valence-corrected chi connectivity index (χ0v) is 82.8. The summed E-state index contributed by atoms with van der Waals surface area (Å²) in [5.41, 5.74) is 3.47. The number of fused-ring (bicyclic) bond motifs is 14. The van der Waals surface area contributed by atoms with Crippen LogP contribution in [-0.4, -0.2) is 332 Å². The number of unbranched alkanes of at least 4 members (excludes halogenated alkanes) is 3. The number of aliphatic hydroxyl groups is 10. The Morgan fingerprint density at radius 3 is 1.60 bits per heavy atom. The summed E-state index contributed by atoms with van der Waals surface area (Å²) in [6.07, 6.45) is -25.8. The minimum absolute atomic E-state index is 0.0323. The van der Waals surface area contributed by atoms with Crippen LogP contribution < -0.4 is 98.5 Å². The third-order valence-electron chi connectivity index (χ3n) is 26.7. The van der Waals surface area contributed by atoms with Crippen LogP contribution in [-0.2, 0) is 68.5 Å². The van der Waals surface area contributed by atoms with E-state index in [4.69, 9.17) is 71.6 Å². The van der Waals surface area contributed by atoms with Crippen molar-refractivity contribution in [3.05, 3.63) is 164 Å². The first-order valence-electron chi connectivity index (χ1n) is 49.1. The van der Waals surface area contributed by atoms with Crippen molar-refractivity contribution in [3.8, 4) is 80.1 Å². The van der Waals surface area contributed by atoms with Crippen molar-refractivity contribution in [2.75, 3.05) is 98.4 Å². The summed E-state index contributed by atoms with van der Waals surface area (Å²) < 4.78 is 58.9.